The quantitative estimate of drug-likeness (QED) is 0.487. The summed E-state index contributed by atoms with van der Waals surface area (Å²) in [6, 6.07) is 22.3. The van der Waals surface area contributed by atoms with Crippen LogP contribution in [-0.4, -0.2) is 23.6 Å². The first-order chi connectivity index (χ1) is 16.4. The predicted octanol–water partition coefficient (Wildman–Crippen LogP) is 5.25. The second-order valence-electron chi connectivity index (χ2n) is 8.31. The molecule has 4 rings (SSSR count). The summed E-state index contributed by atoms with van der Waals surface area (Å²) in [7, 11) is 0. The average Bonchev–Trinajstić information content (AvgIpc) is 3.13. The van der Waals surface area contributed by atoms with Crippen molar-refractivity contribution in [3.05, 3.63) is 106 Å². The van der Waals surface area contributed by atoms with Gasteiger partial charge in [0.05, 0.1) is 5.57 Å². The molecule has 3 aromatic carbocycles. The maximum Gasteiger partial charge on any atom is 0.341 e. The third-order valence-corrected chi connectivity index (χ3v) is 6.05. The van der Waals surface area contributed by atoms with Crippen LogP contribution < -0.4 is 10.5 Å². The molecule has 0 atom stereocenters. The molecule has 1 aliphatic rings. The van der Waals surface area contributed by atoms with Gasteiger partial charge in [0.15, 0.2) is 6.61 Å². The fourth-order valence-electron chi connectivity index (χ4n) is 4.54. The number of aliphatic carboxylic acids is 1. The molecular formula is C29H27NO4. The summed E-state index contributed by atoms with van der Waals surface area (Å²) in [6.07, 6.45) is 3.47. The molecule has 0 aliphatic heterocycles. The highest BCUT2D eigenvalue weighted by Crippen LogP contribution is 2.48. The first-order valence-electron chi connectivity index (χ1n) is 11.3. The van der Waals surface area contributed by atoms with Crippen molar-refractivity contribution >= 4 is 29.1 Å². The van der Waals surface area contributed by atoms with E-state index < -0.39 is 18.5 Å². The first-order valence-corrected chi connectivity index (χ1v) is 11.3. The van der Waals surface area contributed by atoms with Crippen molar-refractivity contribution in [2.45, 2.75) is 26.7 Å². The monoisotopic (exact) mass is 453 g/mol. The number of amides is 1. The summed E-state index contributed by atoms with van der Waals surface area (Å²) >= 11 is 0. The summed E-state index contributed by atoms with van der Waals surface area (Å²) in [5, 5.41) is 9.15. The third-order valence-electron chi connectivity index (χ3n) is 6.05. The minimum atomic E-state index is -1.08. The van der Waals surface area contributed by atoms with E-state index in [9.17, 15) is 9.59 Å². The van der Waals surface area contributed by atoms with Crippen molar-refractivity contribution in [3.63, 3.8) is 0 Å². The number of ether oxygens (including phenoxy) is 1. The van der Waals surface area contributed by atoms with Crippen molar-refractivity contribution in [3.8, 4) is 5.75 Å². The number of allylic oxidation sites excluding steroid dienone is 2. The number of carboxylic acids is 1. The summed E-state index contributed by atoms with van der Waals surface area (Å²) in [5.74, 6) is -1.24. The van der Waals surface area contributed by atoms with Crippen molar-refractivity contribution < 1.29 is 19.4 Å². The minimum absolute atomic E-state index is 0.389. The van der Waals surface area contributed by atoms with E-state index >= 15 is 0 Å². The molecule has 5 nitrogen and oxygen atoms in total. The highest BCUT2D eigenvalue weighted by Gasteiger charge is 2.32. The number of carbonyl (C=O) groups is 2. The van der Waals surface area contributed by atoms with E-state index in [1.807, 2.05) is 56.3 Å². The molecule has 0 saturated carbocycles. The van der Waals surface area contributed by atoms with E-state index in [0.717, 1.165) is 34.3 Å². The van der Waals surface area contributed by atoms with E-state index in [4.69, 9.17) is 15.6 Å². The van der Waals surface area contributed by atoms with Crippen molar-refractivity contribution in [2.24, 2.45) is 5.73 Å². The van der Waals surface area contributed by atoms with Gasteiger partial charge in [-0.1, -0.05) is 73.7 Å². The topological polar surface area (TPSA) is 89.6 Å². The highest BCUT2D eigenvalue weighted by molar-refractivity contribution is 6.28. The fourth-order valence-corrected chi connectivity index (χ4v) is 4.54. The largest absolute Gasteiger partial charge is 0.481 e. The lowest BCUT2D eigenvalue weighted by Crippen LogP contribution is -2.16. The number of hydrogen-bond donors (Lipinski definition) is 2. The van der Waals surface area contributed by atoms with Gasteiger partial charge in [0.2, 0.25) is 5.91 Å². The Morgan fingerprint density at radius 3 is 2.38 bits per heavy atom. The molecule has 0 aromatic heterocycles. The minimum Gasteiger partial charge on any atom is -0.481 e. The molecular weight excluding hydrogens is 426 g/mol. The molecule has 3 aromatic rings. The number of hydrogen-bond acceptors (Lipinski definition) is 3. The molecule has 0 fully saturated rings. The SMILES string of the molecule is CCC1=C(C(N)=O)c2c(ccc(C)c2OCC(=O)O)/C1=C\c1ccccc1Cc1ccccc1. The molecule has 0 unspecified atom stereocenters. The molecule has 0 heterocycles. The van der Waals surface area contributed by atoms with Crippen molar-refractivity contribution in [2.75, 3.05) is 6.61 Å². The lowest BCUT2D eigenvalue weighted by Gasteiger charge is -2.14. The Bertz CT molecular complexity index is 1320. The lowest BCUT2D eigenvalue weighted by atomic mass is 9.94. The lowest BCUT2D eigenvalue weighted by molar-refractivity contribution is -0.139. The molecule has 3 N–H and O–H groups in total. The molecule has 1 amide bonds. The Hall–Kier alpha value is -4.12. The van der Waals surface area contributed by atoms with Crippen LogP contribution in [0.1, 0.15) is 46.7 Å². The average molecular weight is 454 g/mol. The molecule has 0 saturated heterocycles. The maximum atomic E-state index is 12.6. The number of fused-ring (bicyclic) bond motifs is 1. The summed E-state index contributed by atoms with van der Waals surface area (Å²) in [6.45, 7) is 3.32. The highest BCUT2D eigenvalue weighted by atomic mass is 16.5. The van der Waals surface area contributed by atoms with Crippen LogP contribution in [0.15, 0.2) is 72.3 Å². The van der Waals surface area contributed by atoms with Gasteiger partial charge in [0, 0.05) is 5.56 Å². The Kier molecular flexibility index (Phi) is 6.64. The second-order valence-corrected chi connectivity index (χ2v) is 8.31. The second kappa shape index (κ2) is 9.79. The Balaban J connectivity index is 1.89. The van der Waals surface area contributed by atoms with Gasteiger partial charge >= 0.3 is 5.97 Å². The Morgan fingerprint density at radius 2 is 1.71 bits per heavy atom. The van der Waals surface area contributed by atoms with Gasteiger partial charge in [-0.25, -0.2) is 4.79 Å². The summed E-state index contributed by atoms with van der Waals surface area (Å²) in [4.78, 5) is 23.8. The molecule has 1 aliphatic carbocycles. The summed E-state index contributed by atoms with van der Waals surface area (Å²) < 4.78 is 5.65. The van der Waals surface area contributed by atoms with E-state index in [1.54, 1.807) is 0 Å². The van der Waals surface area contributed by atoms with Crippen LogP contribution in [-0.2, 0) is 16.0 Å². The van der Waals surface area contributed by atoms with Gasteiger partial charge in [0.1, 0.15) is 5.75 Å². The Labute approximate surface area is 199 Å². The van der Waals surface area contributed by atoms with E-state index in [2.05, 4.69) is 30.3 Å². The van der Waals surface area contributed by atoms with Crippen LogP contribution in [0.2, 0.25) is 0 Å². The fraction of sp³-hybridized carbons (Fsp3) is 0.172. The van der Waals surface area contributed by atoms with Gasteiger partial charge < -0.3 is 15.6 Å². The molecule has 0 spiro atoms. The molecule has 34 heavy (non-hydrogen) atoms. The number of primary amides is 1. The zero-order chi connectivity index (χ0) is 24.2. The maximum absolute atomic E-state index is 12.6. The zero-order valence-corrected chi connectivity index (χ0v) is 19.3. The smallest absolute Gasteiger partial charge is 0.341 e. The predicted molar refractivity (Wildman–Crippen MR) is 134 cm³/mol. The number of carbonyl (C=O) groups excluding carboxylic acids is 1. The van der Waals surface area contributed by atoms with Crippen LogP contribution in [0.4, 0.5) is 0 Å². The normalized spacial score (nSPS) is 13.8. The molecule has 0 radical (unpaired) electrons. The van der Waals surface area contributed by atoms with E-state index in [1.165, 1.54) is 11.1 Å². The van der Waals surface area contributed by atoms with Crippen LogP contribution in [0, 0.1) is 6.92 Å². The summed E-state index contributed by atoms with van der Waals surface area (Å²) in [5.41, 5.74) is 13.6. The van der Waals surface area contributed by atoms with Crippen LogP contribution in [0.25, 0.3) is 17.2 Å². The van der Waals surface area contributed by atoms with Crippen LogP contribution in [0.3, 0.4) is 0 Å². The molecule has 5 heteroatoms. The third kappa shape index (κ3) is 4.50. The van der Waals surface area contributed by atoms with Crippen molar-refractivity contribution in [1.82, 2.24) is 0 Å². The van der Waals surface area contributed by atoms with Gasteiger partial charge in [-0.2, -0.15) is 0 Å². The number of benzene rings is 3. The molecule has 0 bridgehead atoms. The number of nitrogens with two attached hydrogens (primary N) is 1. The standard InChI is InChI=1S/C29H27NO4/c1-3-22-24(16-21-12-8-7-11-20(21)15-19-9-5-4-6-10-19)23-14-13-18(2)28(34-17-25(31)32)26(23)27(22)29(30)33/h4-14,16H,3,15,17H2,1-2H3,(H2,30,33)(H,31,32)/b24-16-. The van der Waals surface area contributed by atoms with E-state index in [0.29, 0.717) is 23.3 Å². The van der Waals surface area contributed by atoms with Gasteiger partial charge in [-0.3, -0.25) is 4.79 Å². The number of rotatable bonds is 8. The number of aryl methyl sites for hydroxylation is 1. The van der Waals surface area contributed by atoms with Gasteiger partial charge in [0.25, 0.3) is 0 Å². The van der Waals surface area contributed by atoms with E-state index in [-0.39, 0.29) is 0 Å². The Morgan fingerprint density at radius 1 is 1.00 bits per heavy atom. The van der Waals surface area contributed by atoms with Gasteiger partial charge in [-0.15, -0.1) is 0 Å². The van der Waals surface area contributed by atoms with Crippen LogP contribution >= 0.6 is 0 Å². The number of carboxylic acid groups (broad SMARTS) is 1. The first kappa shape index (κ1) is 23.1. The van der Waals surface area contributed by atoms with Gasteiger partial charge in [-0.05, 0) is 64.8 Å². The van der Waals surface area contributed by atoms with Crippen molar-refractivity contribution in [1.29, 1.82) is 0 Å². The van der Waals surface area contributed by atoms with Crippen LogP contribution in [0.5, 0.6) is 5.75 Å². The zero-order valence-electron chi connectivity index (χ0n) is 19.3. The molecule has 172 valence electrons.